The van der Waals surface area contributed by atoms with E-state index < -0.39 is 0 Å². The zero-order chi connectivity index (χ0) is 17.9. The Morgan fingerprint density at radius 1 is 1.19 bits per heavy atom. The molecule has 1 aliphatic carbocycles. The first kappa shape index (κ1) is 16.4. The molecule has 3 N–H and O–H groups in total. The van der Waals surface area contributed by atoms with Crippen molar-refractivity contribution < 1.29 is 24.0 Å². The van der Waals surface area contributed by atoms with Crippen molar-refractivity contribution >= 4 is 0 Å². The minimum Gasteiger partial charge on any atom is -0.445 e. The molecule has 1 saturated carbocycles. The van der Waals surface area contributed by atoms with Gasteiger partial charge in [-0.2, -0.15) is 15.1 Å². The maximum absolute atomic E-state index is 11.1. The van der Waals surface area contributed by atoms with E-state index in [1.54, 1.807) is 6.20 Å². The molecule has 134 valence electrons. The number of hydrogen-bond acceptors (Lipinski definition) is 4. The minimum atomic E-state index is -0.258. The summed E-state index contributed by atoms with van der Waals surface area (Å²) in [5.41, 5.74) is 1.80. The van der Waals surface area contributed by atoms with Crippen LogP contribution < -0.4 is 25.0 Å². The van der Waals surface area contributed by atoms with Gasteiger partial charge in [-0.25, -0.2) is 0 Å². The Balaban J connectivity index is 1.34. The van der Waals surface area contributed by atoms with Crippen LogP contribution in [0, 0.1) is 0 Å². The predicted molar refractivity (Wildman–Crippen MR) is 91.9 cm³/mol. The van der Waals surface area contributed by atoms with Crippen molar-refractivity contribution in [1.82, 2.24) is 5.16 Å². The number of aromatic nitrogens is 3. The van der Waals surface area contributed by atoms with Crippen LogP contribution >= 0.6 is 0 Å². The standard InChI is InChI=1S/C19H19N3O4/c1-2-24-19-9-12(5-6-20-19)14-7-15(8-14)25-18-4-3-13(11-21-18)16-10-17(23)22-26-16/h3-6,9-11,14-15H,2,7-8H2,1H3,(H,22,23)/p+2. The minimum absolute atomic E-state index is 0.187. The van der Waals surface area contributed by atoms with Gasteiger partial charge < -0.3 is 14.0 Å². The lowest BCUT2D eigenvalue weighted by Crippen LogP contribution is -2.34. The van der Waals surface area contributed by atoms with Crippen LogP contribution in [0.25, 0.3) is 11.3 Å². The quantitative estimate of drug-likeness (QED) is 0.732. The molecule has 1 fully saturated rings. The van der Waals surface area contributed by atoms with E-state index in [1.807, 2.05) is 25.3 Å². The summed E-state index contributed by atoms with van der Waals surface area (Å²) in [5.74, 6) is 2.48. The van der Waals surface area contributed by atoms with Gasteiger partial charge in [0, 0.05) is 6.07 Å². The molecule has 4 rings (SSSR count). The molecule has 0 unspecified atom stereocenters. The third-order valence-electron chi connectivity index (χ3n) is 4.55. The van der Waals surface area contributed by atoms with Crippen molar-refractivity contribution in [3.8, 4) is 23.1 Å². The summed E-state index contributed by atoms with van der Waals surface area (Å²) in [4.78, 5) is 17.3. The summed E-state index contributed by atoms with van der Waals surface area (Å²) in [6.45, 7) is 2.62. The highest BCUT2D eigenvalue weighted by molar-refractivity contribution is 5.54. The first-order chi connectivity index (χ1) is 12.7. The lowest BCUT2D eigenvalue weighted by molar-refractivity contribution is -0.397. The third kappa shape index (κ3) is 3.46. The number of pyridine rings is 2. The van der Waals surface area contributed by atoms with Gasteiger partial charge in [0.15, 0.2) is 18.2 Å². The molecule has 0 aliphatic heterocycles. The highest BCUT2D eigenvalue weighted by Crippen LogP contribution is 2.39. The van der Waals surface area contributed by atoms with Crippen molar-refractivity contribution in [1.29, 1.82) is 0 Å². The molecule has 3 aromatic rings. The molecule has 0 atom stereocenters. The Morgan fingerprint density at radius 2 is 2.08 bits per heavy atom. The van der Waals surface area contributed by atoms with Crippen LogP contribution in [0.2, 0.25) is 0 Å². The summed E-state index contributed by atoms with van der Waals surface area (Å²) in [6.07, 6.45) is 5.81. The van der Waals surface area contributed by atoms with Gasteiger partial charge in [0.25, 0.3) is 5.56 Å². The fourth-order valence-electron chi connectivity index (χ4n) is 3.13. The van der Waals surface area contributed by atoms with Crippen LogP contribution in [0.5, 0.6) is 11.8 Å². The second-order valence-electron chi connectivity index (χ2n) is 6.35. The number of nitrogens with one attached hydrogen (secondary N) is 3. The van der Waals surface area contributed by atoms with E-state index in [1.165, 1.54) is 11.6 Å². The summed E-state index contributed by atoms with van der Waals surface area (Å²) >= 11 is 0. The second kappa shape index (κ2) is 7.03. The molecular formula is C19H21N3O4+2. The molecule has 26 heavy (non-hydrogen) atoms. The first-order valence-corrected chi connectivity index (χ1v) is 8.73. The van der Waals surface area contributed by atoms with Gasteiger partial charge in [-0.15, -0.1) is 0 Å². The number of hydrogen-bond donors (Lipinski definition) is 1. The Kier molecular flexibility index (Phi) is 4.43. The molecule has 1 aliphatic rings. The molecular weight excluding hydrogens is 334 g/mol. The molecule has 0 bridgehead atoms. The zero-order valence-corrected chi connectivity index (χ0v) is 14.5. The van der Waals surface area contributed by atoms with Crippen LogP contribution in [0.4, 0.5) is 0 Å². The number of H-pyrrole nitrogens is 3. The molecule has 0 saturated heterocycles. The monoisotopic (exact) mass is 355 g/mol. The maximum atomic E-state index is 11.1. The Hall–Kier alpha value is -3.09. The average molecular weight is 355 g/mol. The largest absolute Gasteiger partial charge is 0.445 e. The lowest BCUT2D eigenvalue weighted by atomic mass is 9.78. The Bertz CT molecular complexity index is 926. The third-order valence-corrected chi connectivity index (χ3v) is 4.55. The fourth-order valence-corrected chi connectivity index (χ4v) is 3.13. The van der Waals surface area contributed by atoms with Gasteiger partial charge in [0.2, 0.25) is 0 Å². The van der Waals surface area contributed by atoms with E-state index >= 15 is 0 Å². The van der Waals surface area contributed by atoms with Gasteiger partial charge >= 0.3 is 11.8 Å². The van der Waals surface area contributed by atoms with Crippen molar-refractivity contribution in [3.63, 3.8) is 0 Å². The van der Waals surface area contributed by atoms with Gasteiger partial charge in [-0.1, -0.05) is 0 Å². The second-order valence-corrected chi connectivity index (χ2v) is 6.35. The van der Waals surface area contributed by atoms with Crippen molar-refractivity contribution in [3.05, 3.63) is 58.6 Å². The first-order valence-electron chi connectivity index (χ1n) is 8.73. The van der Waals surface area contributed by atoms with Crippen LogP contribution in [-0.4, -0.2) is 17.9 Å². The van der Waals surface area contributed by atoms with Crippen molar-refractivity contribution in [2.45, 2.75) is 31.8 Å². The van der Waals surface area contributed by atoms with Crippen LogP contribution in [0.15, 0.2) is 52.0 Å². The molecule has 7 heteroatoms. The van der Waals surface area contributed by atoms with Crippen molar-refractivity contribution in [2.75, 3.05) is 6.61 Å². The average Bonchev–Trinajstić information content (AvgIpc) is 3.05. The van der Waals surface area contributed by atoms with E-state index in [9.17, 15) is 4.79 Å². The van der Waals surface area contributed by atoms with Gasteiger partial charge in [0.1, 0.15) is 6.10 Å². The molecule has 7 nitrogen and oxygen atoms in total. The Morgan fingerprint density at radius 3 is 2.77 bits per heavy atom. The van der Waals surface area contributed by atoms with Gasteiger partial charge in [-0.3, -0.25) is 4.79 Å². The van der Waals surface area contributed by atoms with Crippen LogP contribution in [0.3, 0.4) is 0 Å². The highest BCUT2D eigenvalue weighted by atomic mass is 16.5. The van der Waals surface area contributed by atoms with E-state index in [4.69, 9.17) is 14.0 Å². The summed E-state index contributed by atoms with van der Waals surface area (Å²) in [5, 5.41) is 2.28. The number of aromatic amines is 3. The lowest BCUT2D eigenvalue weighted by Gasteiger charge is -2.34. The molecule has 0 amide bonds. The molecule has 0 radical (unpaired) electrons. The summed E-state index contributed by atoms with van der Waals surface area (Å²) < 4.78 is 16.6. The predicted octanol–water partition coefficient (Wildman–Crippen LogP) is 1.99. The van der Waals surface area contributed by atoms with Gasteiger partial charge in [-0.05, 0) is 37.3 Å². The fraction of sp³-hybridized carbons (Fsp3) is 0.316. The summed E-state index contributed by atoms with van der Waals surface area (Å²) in [6, 6.07) is 9.27. The molecule has 3 heterocycles. The van der Waals surface area contributed by atoms with E-state index in [0.717, 1.165) is 24.3 Å². The summed E-state index contributed by atoms with van der Waals surface area (Å²) in [7, 11) is 0. The highest BCUT2D eigenvalue weighted by Gasteiger charge is 2.34. The van der Waals surface area contributed by atoms with E-state index in [0.29, 0.717) is 24.2 Å². The maximum Gasteiger partial charge on any atom is 0.366 e. The SMILES string of the molecule is CCOc1cc(C2CC(Oc3ccc(-c4cc(=O)[nH]o4)c[nH+]3)C2)cc[nH+]1. The normalized spacial score (nSPS) is 19.0. The van der Waals surface area contributed by atoms with Crippen LogP contribution in [0.1, 0.15) is 31.2 Å². The van der Waals surface area contributed by atoms with Crippen molar-refractivity contribution in [2.24, 2.45) is 0 Å². The van der Waals surface area contributed by atoms with Gasteiger partial charge in [0.05, 0.1) is 30.4 Å². The van der Waals surface area contributed by atoms with Crippen LogP contribution in [-0.2, 0) is 0 Å². The molecule has 0 aromatic carbocycles. The zero-order valence-electron chi connectivity index (χ0n) is 14.5. The van der Waals surface area contributed by atoms with E-state index in [-0.39, 0.29) is 11.7 Å². The topological polar surface area (TPSA) is 92.7 Å². The number of rotatable bonds is 6. The molecule has 0 spiro atoms. The number of ether oxygens (including phenoxy) is 2. The van der Waals surface area contributed by atoms with E-state index in [2.05, 4.69) is 27.3 Å². The smallest absolute Gasteiger partial charge is 0.366 e. The molecule has 3 aromatic heterocycles. The Labute approximate surface area is 150 Å².